The molecule has 2 aromatic carbocycles. The molecule has 0 aliphatic heterocycles. The molecule has 0 radical (unpaired) electrons. The summed E-state index contributed by atoms with van der Waals surface area (Å²) in [6.07, 6.45) is 5.80. The Morgan fingerprint density at radius 2 is 1.63 bits per heavy atom. The Labute approximate surface area is 111 Å². The summed E-state index contributed by atoms with van der Waals surface area (Å²) in [7, 11) is 0. The Morgan fingerprint density at radius 3 is 2.47 bits per heavy atom. The highest BCUT2D eigenvalue weighted by Crippen LogP contribution is 2.18. The van der Waals surface area contributed by atoms with E-state index in [1.165, 1.54) is 12.1 Å². The molecule has 0 atom stereocenters. The van der Waals surface area contributed by atoms with E-state index in [1.807, 2.05) is 42.5 Å². The van der Waals surface area contributed by atoms with Crippen LogP contribution in [0.1, 0.15) is 11.1 Å². The maximum absolute atomic E-state index is 12.8. The molecule has 0 N–H and O–H groups in total. The van der Waals surface area contributed by atoms with E-state index in [0.29, 0.717) is 0 Å². The van der Waals surface area contributed by atoms with E-state index >= 15 is 0 Å². The molecule has 0 bridgehead atoms. The van der Waals surface area contributed by atoms with Crippen molar-refractivity contribution in [2.45, 2.75) is 0 Å². The zero-order valence-corrected chi connectivity index (χ0v) is 10.3. The molecule has 3 aromatic rings. The summed E-state index contributed by atoms with van der Waals surface area (Å²) in [6.45, 7) is 0. The molecule has 0 saturated carbocycles. The minimum Gasteiger partial charge on any atom is -0.256 e. The van der Waals surface area contributed by atoms with Gasteiger partial charge in [-0.05, 0) is 35.4 Å². The number of benzene rings is 2. The largest absolute Gasteiger partial charge is 0.256 e. The van der Waals surface area contributed by atoms with E-state index in [2.05, 4.69) is 4.98 Å². The number of rotatable bonds is 2. The monoisotopic (exact) mass is 249 g/mol. The second kappa shape index (κ2) is 5.02. The Hall–Kier alpha value is -2.48. The summed E-state index contributed by atoms with van der Waals surface area (Å²) in [4.78, 5) is 4.32. The Kier molecular flexibility index (Phi) is 3.07. The van der Waals surface area contributed by atoms with Gasteiger partial charge in [0.15, 0.2) is 0 Å². The van der Waals surface area contributed by atoms with Gasteiger partial charge >= 0.3 is 0 Å². The molecule has 0 saturated heterocycles. The number of nitrogens with zero attached hydrogens (tertiary/aromatic N) is 1. The molecule has 0 spiro atoms. The van der Waals surface area contributed by atoms with Crippen molar-refractivity contribution < 1.29 is 4.39 Å². The van der Waals surface area contributed by atoms with Crippen LogP contribution in [-0.4, -0.2) is 4.98 Å². The highest BCUT2D eigenvalue weighted by Gasteiger charge is 1.97. The molecular formula is C17H12FN. The van der Waals surface area contributed by atoms with E-state index in [-0.39, 0.29) is 5.82 Å². The molecule has 1 heterocycles. The normalized spacial score (nSPS) is 11.2. The Bertz CT molecular complexity index is 724. The Balaban J connectivity index is 1.99. The highest BCUT2D eigenvalue weighted by molar-refractivity contribution is 5.90. The van der Waals surface area contributed by atoms with Crippen molar-refractivity contribution in [3.8, 4) is 0 Å². The molecule has 92 valence electrons. The van der Waals surface area contributed by atoms with Gasteiger partial charge in [-0.3, -0.25) is 4.98 Å². The molecule has 1 nitrogen and oxygen atoms in total. The zero-order valence-electron chi connectivity index (χ0n) is 10.3. The average molecular weight is 249 g/mol. The van der Waals surface area contributed by atoms with Gasteiger partial charge in [-0.25, -0.2) is 4.39 Å². The fraction of sp³-hybridized carbons (Fsp3) is 0. The van der Waals surface area contributed by atoms with Crippen LogP contribution in [0.25, 0.3) is 23.1 Å². The van der Waals surface area contributed by atoms with Crippen LogP contribution in [0.3, 0.4) is 0 Å². The molecule has 1 aromatic heterocycles. The van der Waals surface area contributed by atoms with Gasteiger partial charge in [0, 0.05) is 11.6 Å². The van der Waals surface area contributed by atoms with Gasteiger partial charge in [0.25, 0.3) is 0 Å². The molecule has 0 fully saturated rings. The molecule has 0 unspecified atom stereocenters. The number of pyridine rings is 1. The van der Waals surface area contributed by atoms with Crippen LogP contribution >= 0.6 is 0 Å². The van der Waals surface area contributed by atoms with Crippen molar-refractivity contribution in [1.82, 2.24) is 4.98 Å². The van der Waals surface area contributed by atoms with E-state index < -0.39 is 0 Å². The quantitative estimate of drug-likeness (QED) is 0.649. The van der Waals surface area contributed by atoms with Gasteiger partial charge < -0.3 is 0 Å². The van der Waals surface area contributed by atoms with Crippen molar-refractivity contribution in [3.63, 3.8) is 0 Å². The van der Waals surface area contributed by atoms with Gasteiger partial charge in [0.1, 0.15) is 5.82 Å². The molecule has 0 amide bonds. The zero-order chi connectivity index (χ0) is 13.1. The first-order valence-corrected chi connectivity index (χ1v) is 6.10. The number of halogens is 1. The van der Waals surface area contributed by atoms with Crippen molar-refractivity contribution in [3.05, 3.63) is 77.7 Å². The van der Waals surface area contributed by atoms with Crippen LogP contribution in [0.2, 0.25) is 0 Å². The predicted octanol–water partition coefficient (Wildman–Crippen LogP) is 4.54. The number of hydrogen-bond donors (Lipinski definition) is 0. The first-order chi connectivity index (χ1) is 9.33. The molecular weight excluding hydrogens is 237 g/mol. The molecule has 0 aliphatic rings. The molecule has 3 rings (SSSR count). The highest BCUT2D eigenvalue weighted by atomic mass is 19.1. The van der Waals surface area contributed by atoms with Crippen LogP contribution in [0.4, 0.5) is 4.39 Å². The van der Waals surface area contributed by atoms with E-state index in [0.717, 1.165) is 22.0 Å². The minimum absolute atomic E-state index is 0.216. The van der Waals surface area contributed by atoms with Crippen molar-refractivity contribution >= 4 is 23.1 Å². The van der Waals surface area contributed by atoms with Crippen LogP contribution in [-0.2, 0) is 0 Å². The van der Waals surface area contributed by atoms with Crippen molar-refractivity contribution in [2.24, 2.45) is 0 Å². The van der Waals surface area contributed by atoms with E-state index in [9.17, 15) is 4.39 Å². The number of hydrogen-bond acceptors (Lipinski definition) is 1. The second-order valence-corrected chi connectivity index (χ2v) is 4.30. The minimum atomic E-state index is -0.216. The maximum Gasteiger partial charge on any atom is 0.123 e. The van der Waals surface area contributed by atoms with Crippen molar-refractivity contribution in [1.29, 1.82) is 0 Å². The third-order valence-corrected chi connectivity index (χ3v) is 3.01. The third-order valence-electron chi connectivity index (χ3n) is 3.01. The summed E-state index contributed by atoms with van der Waals surface area (Å²) in [5.41, 5.74) is 3.06. The van der Waals surface area contributed by atoms with Gasteiger partial charge in [-0.15, -0.1) is 0 Å². The first kappa shape index (κ1) is 11.6. The van der Waals surface area contributed by atoms with Crippen LogP contribution in [0.15, 0.2) is 60.8 Å². The maximum atomic E-state index is 12.8. The van der Waals surface area contributed by atoms with Gasteiger partial charge in [0.05, 0.1) is 5.52 Å². The fourth-order valence-corrected chi connectivity index (χ4v) is 2.02. The van der Waals surface area contributed by atoms with E-state index in [4.69, 9.17) is 0 Å². The lowest BCUT2D eigenvalue weighted by atomic mass is 10.1. The molecule has 2 heteroatoms. The molecule has 0 aliphatic carbocycles. The van der Waals surface area contributed by atoms with Crippen LogP contribution < -0.4 is 0 Å². The van der Waals surface area contributed by atoms with E-state index in [1.54, 1.807) is 18.3 Å². The summed E-state index contributed by atoms with van der Waals surface area (Å²) < 4.78 is 12.8. The SMILES string of the molecule is Fc1ccc(C=Cc2ccnc3ccccc23)cc1. The van der Waals surface area contributed by atoms with Gasteiger partial charge in [-0.2, -0.15) is 0 Å². The lowest BCUT2D eigenvalue weighted by molar-refractivity contribution is 0.628. The summed E-state index contributed by atoms with van der Waals surface area (Å²) >= 11 is 0. The lowest BCUT2D eigenvalue weighted by Gasteiger charge is -2.00. The summed E-state index contributed by atoms with van der Waals surface area (Å²) in [5, 5.41) is 1.11. The van der Waals surface area contributed by atoms with Crippen LogP contribution in [0, 0.1) is 5.82 Å². The fourth-order valence-electron chi connectivity index (χ4n) is 2.02. The van der Waals surface area contributed by atoms with Crippen molar-refractivity contribution in [2.75, 3.05) is 0 Å². The van der Waals surface area contributed by atoms with Gasteiger partial charge in [0.2, 0.25) is 0 Å². The number of fused-ring (bicyclic) bond motifs is 1. The molecule has 19 heavy (non-hydrogen) atoms. The summed E-state index contributed by atoms with van der Waals surface area (Å²) in [5.74, 6) is -0.216. The second-order valence-electron chi connectivity index (χ2n) is 4.30. The van der Waals surface area contributed by atoms with Gasteiger partial charge in [-0.1, -0.05) is 42.5 Å². The number of para-hydroxylation sites is 1. The number of aromatic nitrogens is 1. The summed E-state index contributed by atoms with van der Waals surface area (Å²) in [6, 6.07) is 16.4. The standard InChI is InChI=1S/C17H12FN/c18-15-9-6-13(7-10-15)5-8-14-11-12-19-17-4-2-1-3-16(14)17/h1-12H. The first-order valence-electron chi connectivity index (χ1n) is 6.10. The topological polar surface area (TPSA) is 12.9 Å². The predicted molar refractivity (Wildman–Crippen MR) is 77.1 cm³/mol. The Morgan fingerprint density at radius 1 is 0.842 bits per heavy atom. The third kappa shape index (κ3) is 2.52. The smallest absolute Gasteiger partial charge is 0.123 e. The van der Waals surface area contributed by atoms with Crippen LogP contribution in [0.5, 0.6) is 0 Å². The average Bonchev–Trinajstić information content (AvgIpc) is 2.47. The lowest BCUT2D eigenvalue weighted by Crippen LogP contribution is -1.81.